The van der Waals surface area contributed by atoms with Crippen LogP contribution in [0, 0.1) is 0 Å². The van der Waals surface area contributed by atoms with Crippen LogP contribution in [0.3, 0.4) is 0 Å². The second kappa shape index (κ2) is 9.60. The first-order valence-electron chi connectivity index (χ1n) is 11.1. The number of carbonyl (C=O) groups is 1. The molecule has 2 heterocycles. The van der Waals surface area contributed by atoms with Crippen LogP contribution in [0.25, 0.3) is 0 Å². The molecule has 1 fully saturated rings. The van der Waals surface area contributed by atoms with Crippen molar-refractivity contribution in [3.05, 3.63) is 59.2 Å². The number of sulfone groups is 1. The van der Waals surface area contributed by atoms with E-state index < -0.39 is 9.84 Å². The van der Waals surface area contributed by atoms with Crippen LogP contribution in [0.4, 0.5) is 5.69 Å². The summed E-state index contributed by atoms with van der Waals surface area (Å²) in [7, 11) is -1.51. The van der Waals surface area contributed by atoms with Gasteiger partial charge in [0.1, 0.15) is 0 Å². The number of rotatable bonds is 6. The Hall–Kier alpha value is -2.42. The van der Waals surface area contributed by atoms with E-state index in [0.29, 0.717) is 17.1 Å². The van der Waals surface area contributed by atoms with E-state index in [4.69, 9.17) is 4.74 Å². The first-order valence-corrected chi connectivity index (χ1v) is 13.0. The number of nitrogens with one attached hydrogen (secondary N) is 1. The maximum Gasteiger partial charge on any atom is 0.251 e. The Morgan fingerprint density at radius 1 is 1.09 bits per heavy atom. The lowest BCUT2D eigenvalue weighted by atomic mass is 9.93. The van der Waals surface area contributed by atoms with Crippen LogP contribution in [-0.2, 0) is 21.0 Å². The fourth-order valence-corrected chi connectivity index (χ4v) is 5.13. The summed E-state index contributed by atoms with van der Waals surface area (Å²) in [5.74, 6) is -0.0559. The zero-order valence-electron chi connectivity index (χ0n) is 18.7. The molecule has 4 rings (SSSR count). The fourth-order valence-electron chi connectivity index (χ4n) is 4.50. The quantitative estimate of drug-likeness (QED) is 0.717. The van der Waals surface area contributed by atoms with Crippen molar-refractivity contribution in [1.29, 1.82) is 0 Å². The number of hydrogen-bond acceptors (Lipinski definition) is 6. The zero-order chi connectivity index (χ0) is 22.7. The van der Waals surface area contributed by atoms with Gasteiger partial charge >= 0.3 is 0 Å². The number of nitrogens with zero attached hydrogens (tertiary/aromatic N) is 2. The molecule has 0 radical (unpaired) electrons. The van der Waals surface area contributed by atoms with Gasteiger partial charge in [-0.2, -0.15) is 0 Å². The molecule has 0 spiro atoms. The van der Waals surface area contributed by atoms with Crippen LogP contribution >= 0.6 is 0 Å². The van der Waals surface area contributed by atoms with Crippen LogP contribution in [0.15, 0.2) is 47.4 Å². The molecule has 0 aliphatic carbocycles. The van der Waals surface area contributed by atoms with Gasteiger partial charge in [0.15, 0.2) is 9.84 Å². The van der Waals surface area contributed by atoms with E-state index in [-0.39, 0.29) is 12.0 Å². The number of carbonyl (C=O) groups excluding carboxylic acids is 1. The molecule has 2 aromatic rings. The number of piperazine rings is 1. The molecular formula is C24H31N3O4S. The summed E-state index contributed by atoms with van der Waals surface area (Å²) in [6.45, 7) is 5.39. The van der Waals surface area contributed by atoms with Gasteiger partial charge in [-0.15, -0.1) is 0 Å². The number of hydrogen-bond donors (Lipinski definition) is 1. The molecule has 1 saturated heterocycles. The molecule has 7 nitrogen and oxygen atoms in total. The van der Waals surface area contributed by atoms with E-state index in [0.717, 1.165) is 51.3 Å². The van der Waals surface area contributed by atoms with Crippen molar-refractivity contribution in [3.8, 4) is 0 Å². The summed E-state index contributed by atoms with van der Waals surface area (Å²) < 4.78 is 29.4. The molecule has 0 saturated carbocycles. The summed E-state index contributed by atoms with van der Waals surface area (Å²) >= 11 is 0. The van der Waals surface area contributed by atoms with Gasteiger partial charge in [-0.3, -0.25) is 9.69 Å². The highest BCUT2D eigenvalue weighted by molar-refractivity contribution is 7.90. The molecule has 1 unspecified atom stereocenters. The molecule has 172 valence electrons. The third-order valence-corrected chi connectivity index (χ3v) is 7.51. The first-order chi connectivity index (χ1) is 15.3. The molecule has 1 amide bonds. The third kappa shape index (κ3) is 5.14. The first kappa shape index (κ1) is 22.8. The van der Waals surface area contributed by atoms with E-state index >= 15 is 0 Å². The third-order valence-electron chi connectivity index (χ3n) is 6.38. The largest absolute Gasteiger partial charge is 0.373 e. The molecule has 32 heavy (non-hydrogen) atoms. The smallest absolute Gasteiger partial charge is 0.251 e. The molecule has 2 aliphatic heterocycles. The van der Waals surface area contributed by atoms with Gasteiger partial charge in [0.05, 0.1) is 17.6 Å². The fraction of sp³-hybridized carbons (Fsp3) is 0.458. The predicted octanol–water partition coefficient (Wildman–Crippen LogP) is 2.28. The van der Waals surface area contributed by atoms with Gasteiger partial charge in [0.2, 0.25) is 0 Å². The Morgan fingerprint density at radius 3 is 2.47 bits per heavy atom. The standard InChI is InChI=1S/C24H31N3O4S/c1-25-24(28)19-3-8-22-18(17-19)10-16-31-23(22)9-11-26-12-14-27(15-13-26)20-4-6-21(7-5-20)32(2,29)30/h3-8,17,23H,9-16H2,1-2H3,(H,25,28). The van der Waals surface area contributed by atoms with E-state index in [1.807, 2.05) is 30.3 Å². The van der Waals surface area contributed by atoms with Gasteiger partial charge < -0.3 is 15.0 Å². The van der Waals surface area contributed by atoms with E-state index in [1.165, 1.54) is 17.4 Å². The lowest BCUT2D eigenvalue weighted by molar-refractivity contribution is 0.0288. The molecule has 2 aromatic carbocycles. The van der Waals surface area contributed by atoms with E-state index in [2.05, 4.69) is 15.1 Å². The van der Waals surface area contributed by atoms with Crippen molar-refractivity contribution in [2.45, 2.75) is 23.8 Å². The van der Waals surface area contributed by atoms with Crippen molar-refractivity contribution in [1.82, 2.24) is 10.2 Å². The van der Waals surface area contributed by atoms with Crippen LogP contribution in [0.5, 0.6) is 0 Å². The number of amides is 1. The SMILES string of the molecule is CNC(=O)c1ccc2c(c1)CCOC2CCN1CCN(c2ccc(S(C)(=O)=O)cc2)CC1. The number of anilines is 1. The molecule has 2 aliphatic rings. The van der Waals surface area contributed by atoms with E-state index in [1.54, 1.807) is 19.2 Å². The molecule has 0 bridgehead atoms. The maximum absolute atomic E-state index is 11.9. The van der Waals surface area contributed by atoms with Crippen LogP contribution < -0.4 is 10.2 Å². The summed E-state index contributed by atoms with van der Waals surface area (Å²) in [5.41, 5.74) is 4.18. The van der Waals surface area contributed by atoms with Crippen molar-refractivity contribution < 1.29 is 17.9 Å². The van der Waals surface area contributed by atoms with Crippen molar-refractivity contribution in [3.63, 3.8) is 0 Å². The minimum Gasteiger partial charge on any atom is -0.373 e. The van der Waals surface area contributed by atoms with Crippen LogP contribution in [-0.4, -0.2) is 71.9 Å². The molecule has 1 N–H and O–H groups in total. The van der Waals surface area contributed by atoms with Gasteiger partial charge in [0.25, 0.3) is 5.91 Å². The predicted molar refractivity (Wildman–Crippen MR) is 125 cm³/mol. The van der Waals surface area contributed by atoms with Crippen LogP contribution in [0.1, 0.15) is 34.0 Å². The number of ether oxygens (including phenoxy) is 1. The van der Waals surface area contributed by atoms with Crippen molar-refractivity contribution in [2.24, 2.45) is 0 Å². The second-order valence-corrected chi connectivity index (χ2v) is 10.5. The lowest BCUT2D eigenvalue weighted by Crippen LogP contribution is -2.47. The van der Waals surface area contributed by atoms with Crippen molar-refractivity contribution in [2.75, 3.05) is 57.5 Å². The van der Waals surface area contributed by atoms with Crippen LogP contribution in [0.2, 0.25) is 0 Å². The minimum atomic E-state index is -3.17. The topological polar surface area (TPSA) is 79.0 Å². The number of benzene rings is 2. The maximum atomic E-state index is 11.9. The minimum absolute atomic E-state index is 0.0559. The Balaban J connectivity index is 1.31. The zero-order valence-corrected chi connectivity index (χ0v) is 19.5. The summed E-state index contributed by atoms with van der Waals surface area (Å²) in [6, 6.07) is 13.1. The summed E-state index contributed by atoms with van der Waals surface area (Å²) in [6.07, 6.45) is 3.07. The van der Waals surface area contributed by atoms with E-state index in [9.17, 15) is 13.2 Å². The van der Waals surface area contributed by atoms with Gasteiger partial charge in [0, 0.05) is 57.3 Å². The Bertz CT molecular complexity index is 1060. The molecular weight excluding hydrogens is 426 g/mol. The summed E-state index contributed by atoms with van der Waals surface area (Å²) in [5, 5.41) is 2.68. The second-order valence-electron chi connectivity index (χ2n) is 8.49. The number of fused-ring (bicyclic) bond motifs is 1. The Kier molecular flexibility index (Phi) is 6.83. The Morgan fingerprint density at radius 2 is 1.81 bits per heavy atom. The molecule has 0 aromatic heterocycles. The highest BCUT2D eigenvalue weighted by Gasteiger charge is 2.24. The highest BCUT2D eigenvalue weighted by atomic mass is 32.2. The van der Waals surface area contributed by atoms with Crippen molar-refractivity contribution >= 4 is 21.4 Å². The lowest BCUT2D eigenvalue weighted by Gasteiger charge is -2.37. The average molecular weight is 458 g/mol. The van der Waals surface area contributed by atoms with Gasteiger partial charge in [-0.1, -0.05) is 6.07 Å². The average Bonchev–Trinajstić information content (AvgIpc) is 2.81. The highest BCUT2D eigenvalue weighted by Crippen LogP contribution is 2.31. The monoisotopic (exact) mass is 457 g/mol. The van der Waals surface area contributed by atoms with Gasteiger partial charge in [-0.05, 0) is 60.4 Å². The summed E-state index contributed by atoms with van der Waals surface area (Å²) in [4.78, 5) is 17.0. The van der Waals surface area contributed by atoms with Gasteiger partial charge in [-0.25, -0.2) is 8.42 Å². The Labute approximate surface area is 190 Å². The molecule has 1 atom stereocenters. The normalized spacial score (nSPS) is 19.4. The molecule has 8 heteroatoms.